The number of hydrogen-bond donors (Lipinski definition) is 1. The zero-order chi connectivity index (χ0) is 12.0. The van der Waals surface area contributed by atoms with Crippen molar-refractivity contribution >= 4 is 11.3 Å². The Hall–Kier alpha value is -2.28. The summed E-state index contributed by atoms with van der Waals surface area (Å²) in [5.41, 5.74) is 6.40. The number of rotatable bonds is 1. The summed E-state index contributed by atoms with van der Waals surface area (Å²) in [7, 11) is 0. The van der Waals surface area contributed by atoms with E-state index in [0.29, 0.717) is 0 Å². The van der Waals surface area contributed by atoms with E-state index in [0.717, 1.165) is 16.7 Å². The van der Waals surface area contributed by atoms with Gasteiger partial charge in [0.25, 0.3) is 0 Å². The highest BCUT2D eigenvalue weighted by Gasteiger charge is 2.21. The first kappa shape index (κ1) is 9.91. The molecule has 0 unspecified atom stereocenters. The standard InChI is InChI=1S/C16H12O/c1-10-13-5-3-4-6-14(13)15-8-7-12(11(2)17)9-16(10)15/h3-9,17H,1-2H2. The lowest BCUT2D eigenvalue weighted by Crippen LogP contribution is -1.84. The van der Waals surface area contributed by atoms with Crippen molar-refractivity contribution in [3.8, 4) is 11.1 Å². The van der Waals surface area contributed by atoms with Crippen LogP contribution in [0.2, 0.25) is 0 Å². The molecule has 2 aromatic rings. The van der Waals surface area contributed by atoms with Gasteiger partial charge < -0.3 is 5.11 Å². The van der Waals surface area contributed by atoms with Gasteiger partial charge in [0.1, 0.15) is 5.76 Å². The summed E-state index contributed by atoms with van der Waals surface area (Å²) >= 11 is 0. The highest BCUT2D eigenvalue weighted by molar-refractivity contribution is 6.00. The van der Waals surface area contributed by atoms with Crippen molar-refractivity contribution in [2.24, 2.45) is 0 Å². The predicted molar refractivity (Wildman–Crippen MR) is 71.7 cm³/mol. The molecule has 1 nitrogen and oxygen atoms in total. The van der Waals surface area contributed by atoms with Gasteiger partial charge in [0.15, 0.2) is 0 Å². The largest absolute Gasteiger partial charge is 0.508 e. The molecule has 1 heteroatoms. The number of hydrogen-bond acceptors (Lipinski definition) is 1. The lowest BCUT2D eigenvalue weighted by atomic mass is 10.0. The summed E-state index contributed by atoms with van der Waals surface area (Å²) in [5, 5.41) is 9.43. The zero-order valence-electron chi connectivity index (χ0n) is 9.40. The fourth-order valence-electron chi connectivity index (χ4n) is 2.33. The van der Waals surface area contributed by atoms with Crippen LogP contribution >= 0.6 is 0 Å². The average molecular weight is 220 g/mol. The second-order valence-electron chi connectivity index (χ2n) is 4.23. The second-order valence-corrected chi connectivity index (χ2v) is 4.23. The minimum absolute atomic E-state index is 0.0940. The molecule has 2 aromatic carbocycles. The molecule has 82 valence electrons. The van der Waals surface area contributed by atoms with Gasteiger partial charge in [-0.15, -0.1) is 0 Å². The van der Waals surface area contributed by atoms with Crippen molar-refractivity contribution < 1.29 is 5.11 Å². The molecule has 0 saturated heterocycles. The average Bonchev–Trinajstić information content (AvgIpc) is 2.64. The third kappa shape index (κ3) is 1.32. The summed E-state index contributed by atoms with van der Waals surface area (Å²) in [6.45, 7) is 7.68. The topological polar surface area (TPSA) is 20.2 Å². The molecule has 0 spiro atoms. The van der Waals surface area contributed by atoms with Crippen LogP contribution in [-0.4, -0.2) is 5.11 Å². The van der Waals surface area contributed by atoms with E-state index in [4.69, 9.17) is 0 Å². The molecular formula is C16H12O. The van der Waals surface area contributed by atoms with Gasteiger partial charge in [0, 0.05) is 5.56 Å². The summed E-state index contributed by atoms with van der Waals surface area (Å²) in [5.74, 6) is 0.0940. The predicted octanol–water partition coefficient (Wildman–Crippen LogP) is 4.26. The molecule has 0 fully saturated rings. The second kappa shape index (κ2) is 3.36. The van der Waals surface area contributed by atoms with E-state index in [2.05, 4.69) is 25.3 Å². The first-order valence-corrected chi connectivity index (χ1v) is 5.50. The Labute approximate surface area is 100 Å². The number of benzene rings is 2. The monoisotopic (exact) mass is 220 g/mol. The summed E-state index contributed by atoms with van der Waals surface area (Å²) in [6, 6.07) is 14.1. The van der Waals surface area contributed by atoms with Crippen LogP contribution in [0.4, 0.5) is 0 Å². The van der Waals surface area contributed by atoms with E-state index in [1.165, 1.54) is 16.7 Å². The van der Waals surface area contributed by atoms with E-state index in [1.807, 2.05) is 30.3 Å². The van der Waals surface area contributed by atoms with Crippen LogP contribution in [0.1, 0.15) is 16.7 Å². The molecule has 0 amide bonds. The molecule has 17 heavy (non-hydrogen) atoms. The normalized spacial score (nSPS) is 12.1. The SMILES string of the molecule is C=C(O)c1ccc2c(c1)C(=C)c1ccccc1-2. The van der Waals surface area contributed by atoms with E-state index in [-0.39, 0.29) is 5.76 Å². The molecule has 0 saturated carbocycles. The first-order chi connectivity index (χ1) is 8.18. The molecule has 0 atom stereocenters. The van der Waals surface area contributed by atoms with Crippen LogP contribution in [0, 0.1) is 0 Å². The molecule has 1 N–H and O–H groups in total. The Bertz CT molecular complexity index is 650. The highest BCUT2D eigenvalue weighted by Crippen LogP contribution is 2.43. The molecule has 0 heterocycles. The molecule has 0 radical (unpaired) electrons. The Kier molecular flexibility index (Phi) is 1.96. The molecular weight excluding hydrogens is 208 g/mol. The van der Waals surface area contributed by atoms with Gasteiger partial charge >= 0.3 is 0 Å². The van der Waals surface area contributed by atoms with Crippen LogP contribution in [0.15, 0.2) is 55.6 Å². The molecule has 0 bridgehead atoms. The van der Waals surface area contributed by atoms with Gasteiger partial charge in [-0.25, -0.2) is 0 Å². The van der Waals surface area contributed by atoms with Crippen molar-refractivity contribution in [2.45, 2.75) is 0 Å². The van der Waals surface area contributed by atoms with Gasteiger partial charge in [-0.2, -0.15) is 0 Å². The quantitative estimate of drug-likeness (QED) is 0.607. The maximum atomic E-state index is 9.43. The molecule has 0 aliphatic heterocycles. The number of fused-ring (bicyclic) bond motifs is 3. The minimum Gasteiger partial charge on any atom is -0.508 e. The maximum Gasteiger partial charge on any atom is 0.115 e. The Morgan fingerprint density at radius 2 is 1.53 bits per heavy atom. The Morgan fingerprint density at radius 3 is 2.24 bits per heavy atom. The van der Waals surface area contributed by atoms with Gasteiger partial charge in [0.05, 0.1) is 0 Å². The fourth-order valence-corrected chi connectivity index (χ4v) is 2.33. The fraction of sp³-hybridized carbons (Fsp3) is 0. The Morgan fingerprint density at radius 1 is 0.882 bits per heavy atom. The van der Waals surface area contributed by atoms with Crippen molar-refractivity contribution in [3.05, 3.63) is 72.3 Å². The van der Waals surface area contributed by atoms with E-state index >= 15 is 0 Å². The smallest absolute Gasteiger partial charge is 0.115 e. The zero-order valence-corrected chi connectivity index (χ0v) is 9.40. The van der Waals surface area contributed by atoms with Crippen LogP contribution in [0.3, 0.4) is 0 Å². The van der Waals surface area contributed by atoms with Gasteiger partial charge in [-0.1, -0.05) is 49.6 Å². The van der Waals surface area contributed by atoms with Crippen LogP contribution in [0.25, 0.3) is 22.5 Å². The Balaban J connectivity index is 2.28. The molecule has 0 aromatic heterocycles. The molecule has 3 rings (SSSR count). The molecule has 1 aliphatic rings. The minimum atomic E-state index is 0.0940. The van der Waals surface area contributed by atoms with Crippen molar-refractivity contribution in [1.29, 1.82) is 0 Å². The summed E-state index contributed by atoms with van der Waals surface area (Å²) in [6.07, 6.45) is 0. The first-order valence-electron chi connectivity index (χ1n) is 5.50. The van der Waals surface area contributed by atoms with Gasteiger partial charge in [0.2, 0.25) is 0 Å². The number of aliphatic hydroxyl groups is 1. The van der Waals surface area contributed by atoms with Crippen molar-refractivity contribution in [3.63, 3.8) is 0 Å². The van der Waals surface area contributed by atoms with Crippen LogP contribution < -0.4 is 0 Å². The van der Waals surface area contributed by atoms with Crippen molar-refractivity contribution in [2.75, 3.05) is 0 Å². The summed E-state index contributed by atoms with van der Waals surface area (Å²) < 4.78 is 0. The van der Waals surface area contributed by atoms with Gasteiger partial charge in [-0.3, -0.25) is 0 Å². The number of aliphatic hydroxyl groups excluding tert-OH is 1. The maximum absolute atomic E-state index is 9.43. The summed E-state index contributed by atoms with van der Waals surface area (Å²) in [4.78, 5) is 0. The van der Waals surface area contributed by atoms with E-state index in [9.17, 15) is 5.11 Å². The lowest BCUT2D eigenvalue weighted by Gasteiger charge is -2.04. The lowest BCUT2D eigenvalue weighted by molar-refractivity contribution is 0.514. The van der Waals surface area contributed by atoms with Crippen LogP contribution in [0.5, 0.6) is 0 Å². The van der Waals surface area contributed by atoms with Crippen molar-refractivity contribution in [1.82, 2.24) is 0 Å². The third-order valence-electron chi connectivity index (χ3n) is 3.22. The molecule has 1 aliphatic carbocycles. The van der Waals surface area contributed by atoms with E-state index < -0.39 is 0 Å². The van der Waals surface area contributed by atoms with Gasteiger partial charge in [-0.05, 0) is 33.9 Å². The highest BCUT2D eigenvalue weighted by atomic mass is 16.3. The third-order valence-corrected chi connectivity index (χ3v) is 3.22. The van der Waals surface area contributed by atoms with Crippen LogP contribution in [-0.2, 0) is 0 Å². The van der Waals surface area contributed by atoms with E-state index in [1.54, 1.807) is 0 Å².